The Hall–Kier alpha value is -2.15. The maximum atomic E-state index is 11.9. The molecule has 0 bridgehead atoms. The van der Waals surface area contributed by atoms with E-state index in [2.05, 4.69) is 10.2 Å². The highest BCUT2D eigenvalue weighted by Gasteiger charge is 2.03. The van der Waals surface area contributed by atoms with E-state index in [9.17, 15) is 4.79 Å². The summed E-state index contributed by atoms with van der Waals surface area (Å²) in [5.74, 6) is 0.487. The van der Waals surface area contributed by atoms with Crippen molar-refractivity contribution in [2.75, 3.05) is 13.2 Å². The van der Waals surface area contributed by atoms with Gasteiger partial charge in [-0.3, -0.25) is 9.48 Å². The molecule has 108 valence electrons. The highest BCUT2D eigenvalue weighted by molar-refractivity contribution is 5.13. The van der Waals surface area contributed by atoms with Crippen molar-refractivity contribution in [3.05, 3.63) is 40.6 Å². The number of ether oxygens (including phenoxy) is 1. The Morgan fingerprint density at radius 2 is 2.20 bits per heavy atom. The van der Waals surface area contributed by atoms with Crippen molar-refractivity contribution in [3.8, 4) is 5.75 Å². The Kier molecular flexibility index (Phi) is 4.89. The number of hydrogen-bond donors (Lipinski definition) is 1. The number of aromatic nitrogens is 4. The average Bonchev–Trinajstić information content (AvgIpc) is 2.84. The number of nitrogens with zero attached hydrogens (tertiary/aromatic N) is 4. The summed E-state index contributed by atoms with van der Waals surface area (Å²) in [7, 11) is 1.86. The second kappa shape index (κ2) is 6.85. The van der Waals surface area contributed by atoms with E-state index in [0.29, 0.717) is 31.9 Å². The van der Waals surface area contributed by atoms with Crippen molar-refractivity contribution < 1.29 is 4.74 Å². The SMILES string of the molecule is Cn1cc(CCn2ncc(OCCCN)cc2=O)cn1. The van der Waals surface area contributed by atoms with Crippen LogP contribution in [0.1, 0.15) is 12.0 Å². The first-order valence-electron chi connectivity index (χ1n) is 6.56. The van der Waals surface area contributed by atoms with E-state index in [4.69, 9.17) is 10.5 Å². The molecule has 0 saturated heterocycles. The molecule has 2 rings (SSSR count). The van der Waals surface area contributed by atoms with Crippen LogP contribution in [0.2, 0.25) is 0 Å². The minimum absolute atomic E-state index is 0.167. The minimum atomic E-state index is -0.167. The Labute approximate surface area is 117 Å². The minimum Gasteiger partial charge on any atom is -0.492 e. The summed E-state index contributed by atoms with van der Waals surface area (Å²) in [5, 5.41) is 8.19. The standard InChI is InChI=1S/C13H19N5O2/c1-17-10-11(8-15-17)3-5-18-13(19)7-12(9-16-18)20-6-2-4-14/h7-10H,2-6,14H2,1H3. The van der Waals surface area contributed by atoms with Gasteiger partial charge in [0, 0.05) is 25.9 Å². The van der Waals surface area contributed by atoms with Crippen LogP contribution in [0.4, 0.5) is 0 Å². The smallest absolute Gasteiger partial charge is 0.270 e. The Balaban J connectivity index is 1.93. The first-order chi connectivity index (χ1) is 9.69. The van der Waals surface area contributed by atoms with E-state index in [1.165, 1.54) is 10.7 Å². The van der Waals surface area contributed by atoms with Crippen LogP contribution in [-0.4, -0.2) is 32.7 Å². The monoisotopic (exact) mass is 277 g/mol. The fourth-order valence-electron chi connectivity index (χ4n) is 1.77. The second-order valence-electron chi connectivity index (χ2n) is 4.52. The number of rotatable bonds is 7. The van der Waals surface area contributed by atoms with Gasteiger partial charge >= 0.3 is 0 Å². The molecule has 0 amide bonds. The first-order valence-corrected chi connectivity index (χ1v) is 6.56. The van der Waals surface area contributed by atoms with Crippen LogP contribution in [0.15, 0.2) is 29.5 Å². The van der Waals surface area contributed by atoms with E-state index in [1.54, 1.807) is 17.1 Å². The van der Waals surface area contributed by atoms with Crippen LogP contribution in [0, 0.1) is 0 Å². The van der Waals surface area contributed by atoms with Gasteiger partial charge in [0.2, 0.25) is 0 Å². The van der Waals surface area contributed by atoms with Gasteiger partial charge in [-0.05, 0) is 24.9 Å². The van der Waals surface area contributed by atoms with Crippen molar-refractivity contribution >= 4 is 0 Å². The van der Waals surface area contributed by atoms with Gasteiger partial charge in [0.15, 0.2) is 0 Å². The quantitative estimate of drug-likeness (QED) is 0.717. The van der Waals surface area contributed by atoms with Gasteiger partial charge in [0.1, 0.15) is 5.75 Å². The van der Waals surface area contributed by atoms with Crippen molar-refractivity contribution in [2.45, 2.75) is 19.4 Å². The fraction of sp³-hybridized carbons (Fsp3) is 0.462. The van der Waals surface area contributed by atoms with E-state index >= 15 is 0 Å². The van der Waals surface area contributed by atoms with Gasteiger partial charge in [-0.1, -0.05) is 0 Å². The fourth-order valence-corrected chi connectivity index (χ4v) is 1.77. The van der Waals surface area contributed by atoms with Crippen LogP contribution in [0.3, 0.4) is 0 Å². The van der Waals surface area contributed by atoms with Crippen molar-refractivity contribution in [3.63, 3.8) is 0 Å². The van der Waals surface area contributed by atoms with Crippen LogP contribution in [0.5, 0.6) is 5.75 Å². The molecule has 20 heavy (non-hydrogen) atoms. The molecule has 0 radical (unpaired) electrons. The zero-order valence-corrected chi connectivity index (χ0v) is 11.5. The molecule has 0 aliphatic heterocycles. The third kappa shape index (κ3) is 3.92. The van der Waals surface area contributed by atoms with E-state index in [0.717, 1.165) is 12.0 Å². The molecule has 2 aromatic rings. The molecule has 0 unspecified atom stereocenters. The van der Waals surface area contributed by atoms with Crippen LogP contribution < -0.4 is 16.0 Å². The van der Waals surface area contributed by atoms with Gasteiger partial charge in [-0.2, -0.15) is 10.2 Å². The highest BCUT2D eigenvalue weighted by atomic mass is 16.5. The van der Waals surface area contributed by atoms with Gasteiger partial charge < -0.3 is 10.5 Å². The molecular weight excluding hydrogens is 258 g/mol. The Morgan fingerprint density at radius 1 is 1.35 bits per heavy atom. The highest BCUT2D eigenvalue weighted by Crippen LogP contribution is 2.04. The average molecular weight is 277 g/mol. The molecule has 0 aliphatic carbocycles. The predicted octanol–water partition coefficient (Wildman–Crippen LogP) is -0.0529. The Bertz CT molecular complexity index is 605. The molecule has 0 aliphatic rings. The molecule has 0 aromatic carbocycles. The van der Waals surface area contributed by atoms with E-state index in [-0.39, 0.29) is 5.56 Å². The lowest BCUT2D eigenvalue weighted by Crippen LogP contribution is -2.23. The van der Waals surface area contributed by atoms with Gasteiger partial charge in [-0.25, -0.2) is 4.68 Å². The number of nitrogens with two attached hydrogens (primary N) is 1. The molecule has 2 aromatic heterocycles. The van der Waals surface area contributed by atoms with Crippen LogP contribution in [-0.2, 0) is 20.0 Å². The summed E-state index contributed by atoms with van der Waals surface area (Å²) in [5.41, 5.74) is 6.28. The molecule has 0 atom stereocenters. The van der Waals surface area contributed by atoms with E-state index < -0.39 is 0 Å². The largest absolute Gasteiger partial charge is 0.492 e. The normalized spacial score (nSPS) is 10.7. The van der Waals surface area contributed by atoms with Gasteiger partial charge in [-0.15, -0.1) is 0 Å². The zero-order valence-electron chi connectivity index (χ0n) is 11.5. The number of hydrogen-bond acceptors (Lipinski definition) is 5. The van der Waals surface area contributed by atoms with Crippen molar-refractivity contribution in [2.24, 2.45) is 12.8 Å². The third-order valence-electron chi connectivity index (χ3n) is 2.83. The van der Waals surface area contributed by atoms with Gasteiger partial charge in [0.25, 0.3) is 5.56 Å². The lowest BCUT2D eigenvalue weighted by Gasteiger charge is -2.06. The lowest BCUT2D eigenvalue weighted by atomic mass is 10.2. The van der Waals surface area contributed by atoms with Crippen molar-refractivity contribution in [1.82, 2.24) is 19.6 Å². The topological polar surface area (TPSA) is 88.0 Å². The van der Waals surface area contributed by atoms with Gasteiger partial charge in [0.05, 0.1) is 19.0 Å². The lowest BCUT2D eigenvalue weighted by molar-refractivity contribution is 0.309. The maximum Gasteiger partial charge on any atom is 0.270 e. The summed E-state index contributed by atoms with van der Waals surface area (Å²) in [4.78, 5) is 11.9. The molecule has 2 heterocycles. The van der Waals surface area contributed by atoms with Crippen molar-refractivity contribution in [1.29, 1.82) is 0 Å². The summed E-state index contributed by atoms with van der Waals surface area (Å²) < 4.78 is 8.53. The molecule has 7 heteroatoms. The molecule has 0 fully saturated rings. The molecule has 0 spiro atoms. The first kappa shape index (κ1) is 14.3. The maximum absolute atomic E-state index is 11.9. The molecule has 7 nitrogen and oxygen atoms in total. The summed E-state index contributed by atoms with van der Waals surface area (Å²) in [6, 6.07) is 1.45. The molecular formula is C13H19N5O2. The van der Waals surface area contributed by atoms with Crippen LogP contribution in [0.25, 0.3) is 0 Å². The molecule has 2 N–H and O–H groups in total. The zero-order chi connectivity index (χ0) is 14.4. The summed E-state index contributed by atoms with van der Waals surface area (Å²) in [6.45, 7) is 1.58. The second-order valence-corrected chi connectivity index (χ2v) is 4.52. The third-order valence-corrected chi connectivity index (χ3v) is 2.83. The van der Waals surface area contributed by atoms with E-state index in [1.807, 2.05) is 13.2 Å². The summed E-state index contributed by atoms with van der Waals surface area (Å²) >= 11 is 0. The predicted molar refractivity (Wildman–Crippen MR) is 74.6 cm³/mol. The number of aryl methyl sites for hydroxylation is 3. The van der Waals surface area contributed by atoms with Crippen LogP contribution >= 0.6 is 0 Å². The Morgan fingerprint density at radius 3 is 2.85 bits per heavy atom. The molecule has 0 saturated carbocycles. The summed E-state index contributed by atoms with van der Waals surface area (Å²) in [6.07, 6.45) is 6.74.